The van der Waals surface area contributed by atoms with E-state index in [9.17, 15) is 33.5 Å². The van der Waals surface area contributed by atoms with E-state index in [1.54, 1.807) is 0 Å². The van der Waals surface area contributed by atoms with Crippen LogP contribution in [0.4, 0.5) is 22.7 Å². The fourth-order valence-electron chi connectivity index (χ4n) is 3.90. The third kappa shape index (κ3) is 2.78. The molecule has 2 aliphatic rings. The summed E-state index contributed by atoms with van der Waals surface area (Å²) in [4.78, 5) is 70.4. The van der Waals surface area contributed by atoms with Crippen LogP contribution in [0.3, 0.4) is 0 Å². The molecule has 1 unspecified atom stereocenters. The zero-order chi connectivity index (χ0) is 20.2. The van der Waals surface area contributed by atoms with Crippen molar-refractivity contribution in [3.05, 3.63) is 40.9 Å². The summed E-state index contributed by atoms with van der Waals surface area (Å²) in [7, 11) is -4.76. The third-order valence-electron chi connectivity index (χ3n) is 5.29. The van der Waals surface area contributed by atoms with Crippen LogP contribution in [0.15, 0.2) is 19.2 Å². The highest BCUT2D eigenvalue weighted by atomic mass is 31.2. The molecule has 2 heterocycles. The lowest BCUT2D eigenvalue weighted by molar-refractivity contribution is 0.354. The first-order valence-electron chi connectivity index (χ1n) is 8.93. The SMILES string of the molecule is O=c1c2c(c1=O)N(CC(N1CCCNc3c1c(=O)c3=O)P(=O)(O)O)CCCN2. The summed E-state index contributed by atoms with van der Waals surface area (Å²) in [5, 5.41) is 5.71. The summed E-state index contributed by atoms with van der Waals surface area (Å²) in [5.74, 6) is -1.43. The molecule has 0 radical (unpaired) electrons. The molecule has 0 fully saturated rings. The molecule has 150 valence electrons. The van der Waals surface area contributed by atoms with Crippen LogP contribution in [0.5, 0.6) is 0 Å². The van der Waals surface area contributed by atoms with Crippen LogP contribution < -0.4 is 42.1 Å². The third-order valence-corrected chi connectivity index (χ3v) is 6.51. The Kier molecular flexibility index (Phi) is 4.40. The molecule has 1 atom stereocenters. The molecular formula is C16H19N4O7P. The molecule has 0 saturated heterocycles. The van der Waals surface area contributed by atoms with Gasteiger partial charge < -0.3 is 30.2 Å². The van der Waals surface area contributed by atoms with Crippen molar-refractivity contribution in [2.45, 2.75) is 18.6 Å². The predicted molar refractivity (Wildman–Crippen MR) is 104 cm³/mol. The second-order valence-electron chi connectivity index (χ2n) is 7.03. The van der Waals surface area contributed by atoms with Crippen molar-refractivity contribution in [1.82, 2.24) is 0 Å². The number of nitrogens with one attached hydrogen (secondary N) is 2. The largest absolute Gasteiger partial charge is 0.380 e. The lowest BCUT2D eigenvalue weighted by atomic mass is 10.1. The van der Waals surface area contributed by atoms with Crippen molar-refractivity contribution in [1.29, 1.82) is 0 Å². The molecule has 0 spiro atoms. The van der Waals surface area contributed by atoms with Crippen LogP contribution in [-0.4, -0.2) is 48.3 Å². The molecular weight excluding hydrogens is 391 g/mol. The minimum Gasteiger partial charge on any atom is -0.380 e. The molecule has 11 nitrogen and oxygen atoms in total. The van der Waals surface area contributed by atoms with Gasteiger partial charge in [0.1, 0.15) is 28.5 Å². The van der Waals surface area contributed by atoms with Gasteiger partial charge in [0.15, 0.2) is 0 Å². The topological polar surface area (TPSA) is 156 Å². The Labute approximate surface area is 158 Å². The highest BCUT2D eigenvalue weighted by Crippen LogP contribution is 2.46. The first-order valence-corrected chi connectivity index (χ1v) is 10.6. The summed E-state index contributed by atoms with van der Waals surface area (Å²) in [5.41, 5.74) is -2.47. The van der Waals surface area contributed by atoms with E-state index in [1.807, 2.05) is 0 Å². The van der Waals surface area contributed by atoms with Gasteiger partial charge in [0.05, 0.1) is 6.54 Å². The predicted octanol–water partition coefficient (Wildman–Crippen LogP) is -1.67. The van der Waals surface area contributed by atoms with Gasteiger partial charge in [-0.15, -0.1) is 0 Å². The standard InChI is InChI=1S/C16H19N4O7P/c21-13-9-11(15(13)23)19(5-1-3-17-9)7-8(28(25,26)27)20-6-2-4-18-10-12(20)16(24)14(10)22/h8,17-18H,1-7H2,(H2,25,26,27). The first-order chi connectivity index (χ1) is 13.2. The Morgan fingerprint density at radius 2 is 1.39 bits per heavy atom. The molecule has 0 amide bonds. The summed E-state index contributed by atoms with van der Waals surface area (Å²) < 4.78 is 12.3. The molecule has 0 aliphatic carbocycles. The number of hydrogen-bond acceptors (Lipinski definition) is 9. The first kappa shape index (κ1) is 18.9. The number of nitrogens with zero attached hydrogens (tertiary/aromatic N) is 2. The van der Waals surface area contributed by atoms with Gasteiger partial charge in [0, 0.05) is 26.2 Å². The normalized spacial score (nSPS) is 18.6. The van der Waals surface area contributed by atoms with Crippen LogP contribution in [0.2, 0.25) is 0 Å². The minimum absolute atomic E-state index is 0.0195. The van der Waals surface area contributed by atoms with E-state index in [2.05, 4.69) is 10.6 Å². The maximum absolute atomic E-state index is 12.3. The van der Waals surface area contributed by atoms with Crippen molar-refractivity contribution >= 4 is 30.3 Å². The van der Waals surface area contributed by atoms with Crippen molar-refractivity contribution in [3.63, 3.8) is 0 Å². The van der Waals surface area contributed by atoms with Crippen molar-refractivity contribution in [3.8, 4) is 0 Å². The zero-order valence-electron chi connectivity index (χ0n) is 14.8. The van der Waals surface area contributed by atoms with Crippen LogP contribution >= 0.6 is 7.60 Å². The van der Waals surface area contributed by atoms with E-state index >= 15 is 0 Å². The fourth-order valence-corrected chi connectivity index (χ4v) is 4.90. The number of fused-ring (bicyclic) bond motifs is 2. The van der Waals surface area contributed by atoms with Gasteiger partial charge in [-0.25, -0.2) is 0 Å². The van der Waals surface area contributed by atoms with E-state index in [0.29, 0.717) is 32.5 Å². The Bertz CT molecular complexity index is 1120. The van der Waals surface area contributed by atoms with Crippen molar-refractivity contribution < 1.29 is 14.4 Å². The smallest absolute Gasteiger partial charge is 0.349 e. The summed E-state index contributed by atoms with van der Waals surface area (Å²) in [6.07, 6.45) is 1.03. The second-order valence-corrected chi connectivity index (χ2v) is 8.81. The van der Waals surface area contributed by atoms with Gasteiger partial charge >= 0.3 is 7.60 Å². The monoisotopic (exact) mass is 410 g/mol. The van der Waals surface area contributed by atoms with Crippen LogP contribution in [0.25, 0.3) is 0 Å². The summed E-state index contributed by atoms with van der Waals surface area (Å²) >= 11 is 0. The van der Waals surface area contributed by atoms with Gasteiger partial charge in [-0.05, 0) is 12.8 Å². The van der Waals surface area contributed by atoms with Gasteiger partial charge in [0.25, 0.3) is 21.7 Å². The Morgan fingerprint density at radius 1 is 0.857 bits per heavy atom. The van der Waals surface area contributed by atoms with Crippen molar-refractivity contribution in [2.75, 3.05) is 53.2 Å². The number of anilines is 4. The minimum atomic E-state index is -4.76. The highest BCUT2D eigenvalue weighted by Gasteiger charge is 2.42. The Balaban J connectivity index is 1.72. The fraction of sp³-hybridized carbons (Fsp3) is 0.500. The summed E-state index contributed by atoms with van der Waals surface area (Å²) in [6.45, 7) is 1.11. The molecule has 0 saturated carbocycles. The summed E-state index contributed by atoms with van der Waals surface area (Å²) in [6, 6.07) is 0. The van der Waals surface area contributed by atoms with Crippen LogP contribution in [0.1, 0.15) is 12.8 Å². The average molecular weight is 410 g/mol. The molecule has 4 N–H and O–H groups in total. The Morgan fingerprint density at radius 3 is 2.00 bits per heavy atom. The zero-order valence-corrected chi connectivity index (χ0v) is 15.7. The molecule has 12 heteroatoms. The lowest BCUT2D eigenvalue weighted by Crippen LogP contribution is -2.51. The van der Waals surface area contributed by atoms with Gasteiger partial charge in [-0.1, -0.05) is 0 Å². The van der Waals surface area contributed by atoms with E-state index in [1.165, 1.54) is 9.80 Å². The molecule has 28 heavy (non-hydrogen) atoms. The van der Waals surface area contributed by atoms with E-state index in [0.717, 1.165) is 0 Å². The van der Waals surface area contributed by atoms with Crippen LogP contribution in [-0.2, 0) is 4.57 Å². The quantitative estimate of drug-likeness (QED) is 0.337. The molecule has 0 aromatic heterocycles. The number of hydrogen-bond donors (Lipinski definition) is 4. The van der Waals surface area contributed by atoms with Gasteiger partial charge in [-0.3, -0.25) is 23.7 Å². The van der Waals surface area contributed by atoms with Crippen molar-refractivity contribution in [2.24, 2.45) is 0 Å². The van der Waals surface area contributed by atoms with Gasteiger partial charge in [0.2, 0.25) is 0 Å². The Hall–Kier alpha value is -2.49. The highest BCUT2D eigenvalue weighted by molar-refractivity contribution is 7.52. The second kappa shape index (κ2) is 6.54. The van der Waals surface area contributed by atoms with Gasteiger partial charge in [-0.2, -0.15) is 0 Å². The maximum atomic E-state index is 12.3. The molecule has 2 aromatic rings. The molecule has 0 bridgehead atoms. The average Bonchev–Trinajstić information content (AvgIpc) is 2.97. The molecule has 2 aliphatic heterocycles. The molecule has 2 aromatic carbocycles. The number of rotatable bonds is 4. The molecule has 4 rings (SSSR count). The van der Waals surface area contributed by atoms with Crippen LogP contribution in [0, 0.1) is 0 Å². The van der Waals surface area contributed by atoms with E-state index in [4.69, 9.17) is 0 Å². The van der Waals surface area contributed by atoms with E-state index in [-0.39, 0.29) is 35.8 Å². The lowest BCUT2D eigenvalue weighted by Gasteiger charge is -2.37. The maximum Gasteiger partial charge on any atom is 0.349 e. The van der Waals surface area contributed by atoms with E-state index < -0.39 is 35.1 Å².